The van der Waals surface area contributed by atoms with Gasteiger partial charge >= 0.3 is 0 Å². The van der Waals surface area contributed by atoms with Gasteiger partial charge < -0.3 is 10.2 Å². The van der Waals surface area contributed by atoms with Gasteiger partial charge in [0.15, 0.2) is 5.96 Å². The predicted octanol–water partition coefficient (Wildman–Crippen LogP) is 3.64. The number of guanidine groups is 1. The molecule has 6 heteroatoms. The molecule has 3 rings (SSSR count). The van der Waals surface area contributed by atoms with Gasteiger partial charge in [0.1, 0.15) is 0 Å². The smallest absolute Gasteiger partial charge is 0.198 e. The van der Waals surface area contributed by atoms with Crippen molar-refractivity contribution in [2.75, 3.05) is 25.0 Å². The lowest BCUT2D eigenvalue weighted by Crippen LogP contribution is -2.41. The van der Waals surface area contributed by atoms with Crippen LogP contribution in [0.25, 0.3) is 0 Å². The number of hydrogen-bond donors (Lipinski definition) is 1. The topological polar surface area (TPSA) is 40.5 Å². The standard InChI is InChI=1S/C17H22N4S.HI/c1-13-12-22-16(20-13)8-5-10-19-17(18-2)21-11-9-14-6-3-4-7-15(14)21;/h3-4,6-7,12H,5,8-11H2,1-2H3,(H,18,19);1H. The Kier molecular flexibility index (Phi) is 6.83. The van der Waals surface area contributed by atoms with Crippen molar-refractivity contribution in [3.8, 4) is 0 Å². The molecule has 0 aliphatic carbocycles. The first-order valence-corrected chi connectivity index (χ1v) is 8.63. The molecular weight excluding hydrogens is 419 g/mol. The van der Waals surface area contributed by atoms with E-state index in [4.69, 9.17) is 0 Å². The highest BCUT2D eigenvalue weighted by Crippen LogP contribution is 2.27. The number of aromatic nitrogens is 1. The van der Waals surface area contributed by atoms with E-state index in [2.05, 4.69) is 49.8 Å². The highest BCUT2D eigenvalue weighted by Gasteiger charge is 2.21. The van der Waals surface area contributed by atoms with Crippen molar-refractivity contribution in [3.63, 3.8) is 0 Å². The number of benzene rings is 1. The fourth-order valence-electron chi connectivity index (χ4n) is 2.81. The molecule has 0 saturated carbocycles. The van der Waals surface area contributed by atoms with E-state index < -0.39 is 0 Å². The first-order valence-electron chi connectivity index (χ1n) is 7.75. The minimum absolute atomic E-state index is 0. The number of fused-ring (bicyclic) bond motifs is 1. The minimum Gasteiger partial charge on any atom is -0.356 e. The number of rotatable bonds is 4. The third-order valence-corrected chi connectivity index (χ3v) is 4.90. The second-order valence-corrected chi connectivity index (χ2v) is 6.43. The van der Waals surface area contributed by atoms with Gasteiger partial charge in [-0.3, -0.25) is 4.99 Å². The first kappa shape index (κ1) is 18.2. The van der Waals surface area contributed by atoms with E-state index in [9.17, 15) is 0 Å². The SMILES string of the molecule is CN=C(NCCCc1nc(C)cs1)N1CCc2ccccc21.I. The number of halogens is 1. The van der Waals surface area contributed by atoms with Crippen LogP contribution in [-0.4, -0.2) is 31.1 Å². The fraction of sp³-hybridized carbons (Fsp3) is 0.412. The maximum Gasteiger partial charge on any atom is 0.198 e. The summed E-state index contributed by atoms with van der Waals surface area (Å²) >= 11 is 1.75. The molecule has 0 amide bonds. The van der Waals surface area contributed by atoms with Crippen LogP contribution in [0.2, 0.25) is 0 Å². The summed E-state index contributed by atoms with van der Waals surface area (Å²) in [6.45, 7) is 3.97. The van der Waals surface area contributed by atoms with Crippen LogP contribution in [0.4, 0.5) is 5.69 Å². The number of hydrogen-bond acceptors (Lipinski definition) is 3. The monoisotopic (exact) mass is 442 g/mol. The molecule has 1 N–H and O–H groups in total. The van der Waals surface area contributed by atoms with Crippen LogP contribution in [-0.2, 0) is 12.8 Å². The molecule has 0 saturated heterocycles. The van der Waals surface area contributed by atoms with Crippen LogP contribution >= 0.6 is 35.3 Å². The molecule has 23 heavy (non-hydrogen) atoms. The van der Waals surface area contributed by atoms with Gasteiger partial charge in [-0.05, 0) is 31.4 Å². The summed E-state index contributed by atoms with van der Waals surface area (Å²) in [4.78, 5) is 11.2. The summed E-state index contributed by atoms with van der Waals surface area (Å²) in [6, 6.07) is 8.57. The van der Waals surface area contributed by atoms with Gasteiger partial charge in [-0.15, -0.1) is 35.3 Å². The number of aliphatic imine (C=N–C) groups is 1. The van der Waals surface area contributed by atoms with Crippen LogP contribution in [0.3, 0.4) is 0 Å². The zero-order valence-electron chi connectivity index (χ0n) is 13.6. The Bertz CT molecular complexity index is 668. The molecule has 0 unspecified atom stereocenters. The minimum atomic E-state index is 0. The molecule has 0 atom stereocenters. The summed E-state index contributed by atoms with van der Waals surface area (Å²) in [5.74, 6) is 0.972. The second kappa shape index (κ2) is 8.63. The van der Waals surface area contributed by atoms with Gasteiger partial charge in [-0.2, -0.15) is 0 Å². The molecule has 0 radical (unpaired) electrons. The van der Waals surface area contributed by atoms with Crippen molar-refractivity contribution in [3.05, 3.63) is 45.9 Å². The number of thiazole rings is 1. The van der Waals surface area contributed by atoms with Crippen LogP contribution in [0.1, 0.15) is 22.7 Å². The maximum absolute atomic E-state index is 4.50. The summed E-state index contributed by atoms with van der Waals surface area (Å²) in [5.41, 5.74) is 3.81. The Morgan fingerprint density at radius 3 is 2.96 bits per heavy atom. The van der Waals surface area contributed by atoms with Crippen molar-refractivity contribution >= 4 is 47.0 Å². The van der Waals surface area contributed by atoms with E-state index >= 15 is 0 Å². The first-order chi connectivity index (χ1) is 10.8. The third-order valence-electron chi connectivity index (χ3n) is 3.87. The quantitative estimate of drug-likeness (QED) is 0.340. The van der Waals surface area contributed by atoms with Crippen molar-refractivity contribution in [2.24, 2.45) is 4.99 Å². The number of anilines is 1. The number of aryl methyl sites for hydroxylation is 2. The number of nitrogens with one attached hydrogen (secondary N) is 1. The average Bonchev–Trinajstić information content (AvgIpc) is 3.14. The van der Waals surface area contributed by atoms with Crippen molar-refractivity contribution in [1.82, 2.24) is 10.3 Å². The summed E-state index contributed by atoms with van der Waals surface area (Å²) in [7, 11) is 1.85. The summed E-state index contributed by atoms with van der Waals surface area (Å²) < 4.78 is 0. The second-order valence-electron chi connectivity index (χ2n) is 5.49. The average molecular weight is 442 g/mol. The van der Waals surface area contributed by atoms with Crippen LogP contribution < -0.4 is 10.2 Å². The normalized spacial score (nSPS) is 13.7. The van der Waals surface area contributed by atoms with Crippen LogP contribution in [0, 0.1) is 6.92 Å². The summed E-state index contributed by atoms with van der Waals surface area (Å²) in [6.07, 6.45) is 3.19. The van der Waals surface area contributed by atoms with Gasteiger partial charge in [0.25, 0.3) is 0 Å². The lowest BCUT2D eigenvalue weighted by molar-refractivity contribution is 0.756. The van der Waals surface area contributed by atoms with Gasteiger partial charge in [0.05, 0.1) is 5.01 Å². The van der Waals surface area contributed by atoms with E-state index in [1.54, 1.807) is 11.3 Å². The molecule has 2 aromatic rings. The molecule has 4 nitrogen and oxygen atoms in total. The van der Waals surface area contributed by atoms with Crippen molar-refractivity contribution in [1.29, 1.82) is 0 Å². The Labute approximate surface area is 159 Å². The van der Waals surface area contributed by atoms with Crippen molar-refractivity contribution in [2.45, 2.75) is 26.2 Å². The molecule has 0 spiro atoms. The molecule has 1 aromatic heterocycles. The van der Waals surface area contributed by atoms with Gasteiger partial charge in [0, 0.05) is 43.3 Å². The number of para-hydroxylation sites is 1. The molecule has 124 valence electrons. The van der Waals surface area contributed by atoms with E-state index in [1.165, 1.54) is 16.3 Å². The molecule has 0 fully saturated rings. The van der Waals surface area contributed by atoms with Gasteiger partial charge in [-0.1, -0.05) is 18.2 Å². The highest BCUT2D eigenvalue weighted by molar-refractivity contribution is 14.0. The third kappa shape index (κ3) is 4.44. The molecule has 1 aromatic carbocycles. The molecular formula is C17H23IN4S. The Balaban J connectivity index is 0.00000192. The Morgan fingerprint density at radius 1 is 1.39 bits per heavy atom. The molecule has 1 aliphatic heterocycles. The Morgan fingerprint density at radius 2 is 2.22 bits per heavy atom. The van der Waals surface area contributed by atoms with Crippen LogP contribution in [0.15, 0.2) is 34.6 Å². The lowest BCUT2D eigenvalue weighted by Gasteiger charge is -2.22. The zero-order valence-corrected chi connectivity index (χ0v) is 16.7. The molecule has 0 bridgehead atoms. The number of nitrogens with zero attached hydrogens (tertiary/aromatic N) is 3. The van der Waals surface area contributed by atoms with E-state index in [0.29, 0.717) is 0 Å². The lowest BCUT2D eigenvalue weighted by atomic mass is 10.2. The fourth-order valence-corrected chi connectivity index (χ4v) is 3.63. The van der Waals surface area contributed by atoms with E-state index in [-0.39, 0.29) is 24.0 Å². The highest BCUT2D eigenvalue weighted by atomic mass is 127. The predicted molar refractivity (Wildman–Crippen MR) is 109 cm³/mol. The van der Waals surface area contributed by atoms with E-state index in [0.717, 1.165) is 44.0 Å². The van der Waals surface area contributed by atoms with Crippen LogP contribution in [0.5, 0.6) is 0 Å². The van der Waals surface area contributed by atoms with Gasteiger partial charge in [-0.25, -0.2) is 4.98 Å². The zero-order chi connectivity index (χ0) is 15.4. The Hall–Kier alpha value is -1.15. The van der Waals surface area contributed by atoms with E-state index in [1.807, 2.05) is 14.0 Å². The van der Waals surface area contributed by atoms with Gasteiger partial charge in [0.2, 0.25) is 0 Å². The molecule has 2 heterocycles. The largest absolute Gasteiger partial charge is 0.356 e. The summed E-state index contributed by atoms with van der Waals surface area (Å²) in [5, 5.41) is 6.82. The maximum atomic E-state index is 4.50. The molecule has 1 aliphatic rings. The van der Waals surface area contributed by atoms with Crippen molar-refractivity contribution < 1.29 is 0 Å².